The van der Waals surface area contributed by atoms with Crippen molar-refractivity contribution in [1.29, 1.82) is 0 Å². The van der Waals surface area contributed by atoms with E-state index < -0.39 is 0 Å². The minimum absolute atomic E-state index is 0.248. The van der Waals surface area contributed by atoms with Gasteiger partial charge >= 0.3 is 0 Å². The van der Waals surface area contributed by atoms with Crippen LogP contribution < -0.4 is 5.73 Å². The molecule has 0 aliphatic carbocycles. The van der Waals surface area contributed by atoms with Crippen LogP contribution in [0.5, 0.6) is 0 Å². The van der Waals surface area contributed by atoms with Gasteiger partial charge in [-0.2, -0.15) is 0 Å². The Hall–Kier alpha value is -1.58. The summed E-state index contributed by atoms with van der Waals surface area (Å²) in [5, 5.41) is 1.10. The summed E-state index contributed by atoms with van der Waals surface area (Å²) in [7, 11) is 0. The fourth-order valence-corrected chi connectivity index (χ4v) is 2.93. The zero-order chi connectivity index (χ0) is 15.1. The average Bonchev–Trinajstić information content (AvgIpc) is 2.89. The second-order valence-electron chi connectivity index (χ2n) is 5.59. The van der Waals surface area contributed by atoms with Crippen LogP contribution in [0.25, 0.3) is 11.0 Å². The number of para-hydroxylation sites is 1. The second-order valence-corrected chi connectivity index (χ2v) is 6.38. The molecule has 0 aliphatic heterocycles. The normalized spacial score (nSPS) is 12.8. The molecule has 0 fully saturated rings. The Bertz CT molecular complexity index is 796. The Morgan fingerprint density at radius 3 is 2.29 bits per heavy atom. The third kappa shape index (κ3) is 2.52. The zero-order valence-corrected chi connectivity index (χ0v) is 14.0. The van der Waals surface area contributed by atoms with Crippen molar-refractivity contribution in [2.75, 3.05) is 0 Å². The molecule has 2 nitrogen and oxygen atoms in total. The van der Waals surface area contributed by atoms with Gasteiger partial charge in [0.15, 0.2) is 0 Å². The van der Waals surface area contributed by atoms with Crippen LogP contribution in [-0.4, -0.2) is 0 Å². The lowest BCUT2D eigenvalue weighted by atomic mass is 10.00. The summed E-state index contributed by atoms with van der Waals surface area (Å²) in [6, 6.07) is 12.2. The summed E-state index contributed by atoms with van der Waals surface area (Å²) in [5.74, 6) is 0.806. The van der Waals surface area contributed by atoms with E-state index in [1.807, 2.05) is 12.1 Å². The Balaban J connectivity index is 2.08. The van der Waals surface area contributed by atoms with Gasteiger partial charge in [0.2, 0.25) is 0 Å². The third-order valence-electron chi connectivity index (χ3n) is 3.88. The molecular weight excluding hydrogens is 326 g/mol. The number of furan rings is 1. The first-order valence-corrected chi connectivity index (χ1v) is 7.78. The first-order valence-electron chi connectivity index (χ1n) is 6.98. The van der Waals surface area contributed by atoms with E-state index in [4.69, 9.17) is 10.2 Å². The van der Waals surface area contributed by atoms with Crippen LogP contribution in [0, 0.1) is 20.8 Å². The molecule has 3 rings (SSSR count). The largest absolute Gasteiger partial charge is 0.459 e. The molecule has 1 heterocycles. The molecule has 0 saturated heterocycles. The van der Waals surface area contributed by atoms with Crippen LogP contribution in [0.4, 0.5) is 0 Å². The van der Waals surface area contributed by atoms with Gasteiger partial charge in [-0.1, -0.05) is 46.3 Å². The molecule has 1 unspecified atom stereocenters. The number of benzene rings is 2. The van der Waals surface area contributed by atoms with Gasteiger partial charge in [0, 0.05) is 9.86 Å². The monoisotopic (exact) mass is 343 g/mol. The van der Waals surface area contributed by atoms with E-state index in [0.717, 1.165) is 32.3 Å². The Morgan fingerprint density at radius 1 is 1.00 bits per heavy atom. The van der Waals surface area contributed by atoms with Gasteiger partial charge in [0.05, 0.1) is 6.04 Å². The van der Waals surface area contributed by atoms with Crippen molar-refractivity contribution in [3.63, 3.8) is 0 Å². The van der Waals surface area contributed by atoms with E-state index in [0.29, 0.717) is 0 Å². The van der Waals surface area contributed by atoms with Crippen molar-refractivity contribution in [3.05, 3.63) is 68.9 Å². The second kappa shape index (κ2) is 5.32. The molecule has 0 aliphatic rings. The maximum absolute atomic E-state index is 6.41. The Kier molecular flexibility index (Phi) is 3.64. The van der Waals surface area contributed by atoms with Gasteiger partial charge in [-0.05, 0) is 49.1 Å². The summed E-state index contributed by atoms with van der Waals surface area (Å²) in [5.41, 5.74) is 11.9. The van der Waals surface area contributed by atoms with Crippen LogP contribution >= 0.6 is 15.9 Å². The number of fused-ring (bicyclic) bond motifs is 1. The lowest BCUT2D eigenvalue weighted by Crippen LogP contribution is -2.11. The molecular formula is C18H18BrNO. The molecule has 2 aromatic carbocycles. The average molecular weight is 344 g/mol. The minimum Gasteiger partial charge on any atom is -0.459 e. The number of hydrogen-bond donors (Lipinski definition) is 1. The predicted octanol–water partition coefficient (Wildman–Crippen LogP) is 5.17. The lowest BCUT2D eigenvalue weighted by molar-refractivity contribution is 0.523. The fourth-order valence-electron chi connectivity index (χ4n) is 2.71. The van der Waals surface area contributed by atoms with Crippen LogP contribution in [0.1, 0.15) is 34.1 Å². The van der Waals surface area contributed by atoms with Gasteiger partial charge < -0.3 is 10.2 Å². The summed E-state index contributed by atoms with van der Waals surface area (Å²) in [4.78, 5) is 0. The third-order valence-corrected chi connectivity index (χ3v) is 5.14. The van der Waals surface area contributed by atoms with E-state index in [-0.39, 0.29) is 6.04 Å². The van der Waals surface area contributed by atoms with Gasteiger partial charge in [-0.25, -0.2) is 0 Å². The number of hydrogen-bond acceptors (Lipinski definition) is 2. The Labute approximate surface area is 133 Å². The highest BCUT2D eigenvalue weighted by atomic mass is 79.9. The first kappa shape index (κ1) is 14.4. The summed E-state index contributed by atoms with van der Waals surface area (Å²) < 4.78 is 7.13. The highest BCUT2D eigenvalue weighted by molar-refractivity contribution is 9.10. The molecule has 0 bridgehead atoms. The first-order chi connectivity index (χ1) is 9.97. The van der Waals surface area contributed by atoms with Crippen molar-refractivity contribution in [1.82, 2.24) is 0 Å². The SMILES string of the molecule is Cc1cc(C(N)c2cc3cccc(C)c3o2)cc(C)c1Br. The molecule has 0 spiro atoms. The summed E-state index contributed by atoms with van der Waals surface area (Å²) >= 11 is 3.59. The van der Waals surface area contributed by atoms with Crippen molar-refractivity contribution < 1.29 is 4.42 Å². The minimum atomic E-state index is -0.248. The van der Waals surface area contributed by atoms with Crippen LogP contribution in [0.3, 0.4) is 0 Å². The number of halogens is 1. The smallest absolute Gasteiger partial charge is 0.137 e. The molecule has 108 valence electrons. The van der Waals surface area contributed by atoms with E-state index in [9.17, 15) is 0 Å². The number of rotatable bonds is 2. The van der Waals surface area contributed by atoms with Gasteiger partial charge in [-0.15, -0.1) is 0 Å². The van der Waals surface area contributed by atoms with Crippen molar-refractivity contribution in [2.45, 2.75) is 26.8 Å². The van der Waals surface area contributed by atoms with Crippen molar-refractivity contribution in [2.24, 2.45) is 5.73 Å². The molecule has 0 amide bonds. The quantitative estimate of drug-likeness (QED) is 0.697. The predicted molar refractivity (Wildman–Crippen MR) is 90.6 cm³/mol. The van der Waals surface area contributed by atoms with Gasteiger partial charge in [0.25, 0.3) is 0 Å². The van der Waals surface area contributed by atoms with Crippen LogP contribution in [0.2, 0.25) is 0 Å². The summed E-state index contributed by atoms with van der Waals surface area (Å²) in [6.45, 7) is 6.21. The van der Waals surface area contributed by atoms with Gasteiger partial charge in [0.1, 0.15) is 11.3 Å². The van der Waals surface area contributed by atoms with Crippen molar-refractivity contribution in [3.8, 4) is 0 Å². The van der Waals surface area contributed by atoms with E-state index in [2.05, 4.69) is 61.0 Å². The zero-order valence-electron chi connectivity index (χ0n) is 12.4. The molecule has 1 aromatic heterocycles. The highest BCUT2D eigenvalue weighted by Crippen LogP contribution is 2.31. The van der Waals surface area contributed by atoms with Crippen molar-refractivity contribution >= 4 is 26.9 Å². The topological polar surface area (TPSA) is 39.2 Å². The molecule has 3 heteroatoms. The van der Waals surface area contributed by atoms with Gasteiger partial charge in [-0.3, -0.25) is 0 Å². The standard InChI is InChI=1S/C18H18BrNO/c1-10-5-4-6-13-9-15(21-18(10)13)17(20)14-7-11(2)16(19)12(3)8-14/h4-9,17H,20H2,1-3H3. The van der Waals surface area contributed by atoms with E-state index >= 15 is 0 Å². The van der Waals surface area contributed by atoms with E-state index in [1.165, 1.54) is 11.1 Å². The summed E-state index contributed by atoms with van der Waals surface area (Å²) in [6.07, 6.45) is 0. The van der Waals surface area contributed by atoms with Crippen LogP contribution in [0.15, 0.2) is 45.3 Å². The Morgan fingerprint density at radius 2 is 1.67 bits per heavy atom. The van der Waals surface area contributed by atoms with E-state index in [1.54, 1.807) is 0 Å². The maximum Gasteiger partial charge on any atom is 0.137 e. The lowest BCUT2D eigenvalue weighted by Gasteiger charge is -2.13. The van der Waals surface area contributed by atoms with Crippen LogP contribution in [-0.2, 0) is 0 Å². The fraction of sp³-hybridized carbons (Fsp3) is 0.222. The maximum atomic E-state index is 6.41. The molecule has 3 aromatic rings. The molecule has 1 atom stereocenters. The highest BCUT2D eigenvalue weighted by Gasteiger charge is 2.16. The molecule has 0 saturated carbocycles. The number of nitrogens with two attached hydrogens (primary N) is 1. The molecule has 2 N–H and O–H groups in total. The molecule has 21 heavy (non-hydrogen) atoms. The number of aryl methyl sites for hydroxylation is 3. The molecule has 0 radical (unpaired) electrons.